The zero-order valence-corrected chi connectivity index (χ0v) is 12.7. The van der Waals surface area contributed by atoms with Crippen LogP contribution < -0.4 is 5.32 Å². The van der Waals surface area contributed by atoms with Crippen LogP contribution in [0.25, 0.3) is 0 Å². The molecule has 1 fully saturated rings. The topological polar surface area (TPSA) is 69.6 Å². The van der Waals surface area contributed by atoms with Gasteiger partial charge in [0, 0.05) is 18.8 Å². The number of likely N-dealkylation sites (tertiary alicyclic amines) is 1. The summed E-state index contributed by atoms with van der Waals surface area (Å²) in [6.45, 7) is 7.57. The van der Waals surface area contributed by atoms with Crippen LogP contribution in [0.5, 0.6) is 0 Å². The van der Waals surface area contributed by atoms with Gasteiger partial charge < -0.3 is 15.3 Å². The monoisotopic (exact) mass is 290 g/mol. The predicted molar refractivity (Wildman–Crippen MR) is 81.7 cm³/mol. The molecule has 2 N–H and O–H groups in total. The van der Waals surface area contributed by atoms with E-state index in [1.54, 1.807) is 19.1 Å². The zero-order valence-electron chi connectivity index (χ0n) is 12.7. The Morgan fingerprint density at radius 1 is 1.24 bits per heavy atom. The Bertz CT molecular complexity index is 546. The SMILES string of the molecule is Cc1cc(NC(=O)N2CC(C)CC(C)C2)ccc1C(=O)O. The molecule has 0 spiro atoms. The Morgan fingerprint density at radius 3 is 2.38 bits per heavy atom. The highest BCUT2D eigenvalue weighted by Crippen LogP contribution is 2.22. The molecule has 1 heterocycles. The van der Waals surface area contributed by atoms with Crippen molar-refractivity contribution >= 4 is 17.7 Å². The number of carbonyl (C=O) groups excluding carboxylic acids is 1. The van der Waals surface area contributed by atoms with Crippen molar-refractivity contribution in [1.82, 2.24) is 4.90 Å². The zero-order chi connectivity index (χ0) is 15.6. The second kappa shape index (κ2) is 6.16. The molecular formula is C16H22N2O3. The Labute approximate surface area is 125 Å². The van der Waals surface area contributed by atoms with E-state index in [9.17, 15) is 9.59 Å². The number of anilines is 1. The summed E-state index contributed by atoms with van der Waals surface area (Å²) in [6.07, 6.45) is 1.15. The van der Waals surface area contributed by atoms with Gasteiger partial charge in [0.05, 0.1) is 5.56 Å². The number of hydrogen-bond donors (Lipinski definition) is 2. The van der Waals surface area contributed by atoms with E-state index in [4.69, 9.17) is 5.11 Å². The first-order valence-corrected chi connectivity index (χ1v) is 7.26. The van der Waals surface area contributed by atoms with Crippen LogP contribution >= 0.6 is 0 Å². The third-order valence-electron chi connectivity index (χ3n) is 3.86. The molecule has 1 saturated heterocycles. The lowest BCUT2D eigenvalue weighted by Gasteiger charge is -2.34. The Balaban J connectivity index is 2.06. The van der Waals surface area contributed by atoms with Crippen molar-refractivity contribution in [3.8, 4) is 0 Å². The summed E-state index contributed by atoms with van der Waals surface area (Å²) >= 11 is 0. The lowest BCUT2D eigenvalue weighted by atomic mass is 9.92. The summed E-state index contributed by atoms with van der Waals surface area (Å²) in [5.74, 6) is 0.0651. The first kappa shape index (κ1) is 15.4. The first-order valence-electron chi connectivity index (χ1n) is 7.26. The maximum Gasteiger partial charge on any atom is 0.335 e. The van der Waals surface area contributed by atoms with Crippen LogP contribution in [0.4, 0.5) is 10.5 Å². The fourth-order valence-electron chi connectivity index (χ4n) is 3.01. The molecule has 0 radical (unpaired) electrons. The average Bonchev–Trinajstić information content (AvgIpc) is 2.37. The number of urea groups is 1. The summed E-state index contributed by atoms with van der Waals surface area (Å²) in [5, 5.41) is 11.9. The number of nitrogens with zero attached hydrogens (tertiary/aromatic N) is 1. The van der Waals surface area contributed by atoms with Crippen LogP contribution in [0.1, 0.15) is 36.2 Å². The van der Waals surface area contributed by atoms with Crippen LogP contribution in [0, 0.1) is 18.8 Å². The van der Waals surface area contributed by atoms with Gasteiger partial charge in [0.15, 0.2) is 0 Å². The maximum atomic E-state index is 12.3. The quantitative estimate of drug-likeness (QED) is 0.878. The first-order chi connectivity index (χ1) is 9.86. The van der Waals surface area contributed by atoms with Gasteiger partial charge in [-0.05, 0) is 48.9 Å². The number of benzene rings is 1. The highest BCUT2D eigenvalue weighted by molar-refractivity contribution is 5.92. The van der Waals surface area contributed by atoms with E-state index in [2.05, 4.69) is 19.2 Å². The van der Waals surface area contributed by atoms with Gasteiger partial charge in [0.25, 0.3) is 0 Å². The van der Waals surface area contributed by atoms with Gasteiger partial charge in [-0.3, -0.25) is 0 Å². The third-order valence-corrected chi connectivity index (χ3v) is 3.86. The maximum absolute atomic E-state index is 12.3. The molecule has 1 aromatic rings. The molecule has 1 aromatic carbocycles. The Hall–Kier alpha value is -2.04. The van der Waals surface area contributed by atoms with E-state index in [0.29, 0.717) is 23.1 Å². The minimum Gasteiger partial charge on any atom is -0.478 e. The molecule has 21 heavy (non-hydrogen) atoms. The van der Waals surface area contributed by atoms with Gasteiger partial charge in [-0.1, -0.05) is 13.8 Å². The molecule has 2 unspecified atom stereocenters. The summed E-state index contributed by atoms with van der Waals surface area (Å²) in [6, 6.07) is 4.73. The Kier molecular flexibility index (Phi) is 4.50. The molecule has 0 saturated carbocycles. The normalized spacial score (nSPS) is 22.0. The lowest BCUT2D eigenvalue weighted by Crippen LogP contribution is -2.44. The standard InChI is InChI=1S/C16H22N2O3/c1-10-6-11(2)9-18(8-10)16(21)17-13-4-5-14(15(19)20)12(3)7-13/h4-5,7,10-11H,6,8-9H2,1-3H3,(H,17,21)(H,19,20). The van der Waals surface area contributed by atoms with E-state index < -0.39 is 5.97 Å². The number of carboxylic acid groups (broad SMARTS) is 1. The molecule has 2 amide bonds. The number of carboxylic acids is 1. The number of amides is 2. The number of aryl methyl sites for hydroxylation is 1. The molecule has 0 bridgehead atoms. The molecule has 114 valence electrons. The summed E-state index contributed by atoms with van der Waals surface area (Å²) in [4.78, 5) is 25.1. The van der Waals surface area contributed by atoms with Crippen molar-refractivity contribution in [2.24, 2.45) is 11.8 Å². The van der Waals surface area contributed by atoms with E-state index in [1.807, 2.05) is 4.90 Å². The molecule has 0 aromatic heterocycles. The van der Waals surface area contributed by atoms with Crippen molar-refractivity contribution in [1.29, 1.82) is 0 Å². The van der Waals surface area contributed by atoms with Crippen LogP contribution in [0.15, 0.2) is 18.2 Å². The molecule has 5 heteroatoms. The highest BCUT2D eigenvalue weighted by atomic mass is 16.4. The lowest BCUT2D eigenvalue weighted by molar-refractivity contribution is 0.0696. The van der Waals surface area contributed by atoms with E-state index >= 15 is 0 Å². The minimum absolute atomic E-state index is 0.115. The molecular weight excluding hydrogens is 268 g/mol. The average molecular weight is 290 g/mol. The summed E-state index contributed by atoms with van der Waals surface area (Å²) < 4.78 is 0. The third kappa shape index (κ3) is 3.74. The van der Waals surface area contributed by atoms with E-state index in [-0.39, 0.29) is 11.6 Å². The van der Waals surface area contributed by atoms with E-state index in [1.165, 1.54) is 6.07 Å². The van der Waals surface area contributed by atoms with Gasteiger partial charge in [-0.15, -0.1) is 0 Å². The molecule has 1 aliphatic heterocycles. The van der Waals surface area contributed by atoms with Gasteiger partial charge in [0.1, 0.15) is 0 Å². The minimum atomic E-state index is -0.955. The molecule has 1 aliphatic rings. The van der Waals surface area contributed by atoms with Crippen LogP contribution in [0.2, 0.25) is 0 Å². The van der Waals surface area contributed by atoms with Crippen molar-refractivity contribution < 1.29 is 14.7 Å². The van der Waals surface area contributed by atoms with Gasteiger partial charge >= 0.3 is 12.0 Å². The van der Waals surface area contributed by atoms with E-state index in [0.717, 1.165) is 19.5 Å². The van der Waals surface area contributed by atoms with Crippen LogP contribution in [-0.4, -0.2) is 35.1 Å². The fraction of sp³-hybridized carbons (Fsp3) is 0.500. The van der Waals surface area contributed by atoms with Crippen molar-refractivity contribution in [2.45, 2.75) is 27.2 Å². The van der Waals surface area contributed by atoms with Crippen molar-refractivity contribution in [2.75, 3.05) is 18.4 Å². The van der Waals surface area contributed by atoms with Gasteiger partial charge in [0.2, 0.25) is 0 Å². The van der Waals surface area contributed by atoms with Crippen molar-refractivity contribution in [3.63, 3.8) is 0 Å². The van der Waals surface area contributed by atoms with Crippen LogP contribution in [0.3, 0.4) is 0 Å². The summed E-state index contributed by atoms with van der Waals surface area (Å²) in [5.41, 5.74) is 1.53. The van der Waals surface area contributed by atoms with Gasteiger partial charge in [-0.25, -0.2) is 9.59 Å². The fourth-order valence-corrected chi connectivity index (χ4v) is 3.01. The Morgan fingerprint density at radius 2 is 1.86 bits per heavy atom. The smallest absolute Gasteiger partial charge is 0.335 e. The number of rotatable bonds is 2. The highest BCUT2D eigenvalue weighted by Gasteiger charge is 2.25. The molecule has 2 rings (SSSR count). The number of nitrogens with one attached hydrogen (secondary N) is 1. The van der Waals surface area contributed by atoms with Crippen molar-refractivity contribution in [3.05, 3.63) is 29.3 Å². The summed E-state index contributed by atoms with van der Waals surface area (Å²) in [7, 11) is 0. The number of hydrogen-bond acceptors (Lipinski definition) is 2. The second-order valence-electron chi connectivity index (χ2n) is 6.12. The molecule has 0 aliphatic carbocycles. The molecule has 5 nitrogen and oxygen atoms in total. The van der Waals surface area contributed by atoms with Gasteiger partial charge in [-0.2, -0.15) is 0 Å². The number of piperidine rings is 1. The largest absolute Gasteiger partial charge is 0.478 e. The second-order valence-corrected chi connectivity index (χ2v) is 6.12. The number of aromatic carboxylic acids is 1. The van der Waals surface area contributed by atoms with Crippen LogP contribution in [-0.2, 0) is 0 Å². The predicted octanol–water partition coefficient (Wildman–Crippen LogP) is 3.20. The number of carbonyl (C=O) groups is 2. The molecule has 2 atom stereocenters.